The number of halogens is 20. The lowest BCUT2D eigenvalue weighted by molar-refractivity contribution is -0.467. The standard InChI is InChI=1S/C23H16F20O/c1-2-12(9-8-11-6-4-3-5-7-11)13(44)10-14(24)15(25,26)16(27,28)17(29,30)18(31,32)19(33,34)20(35,36)21(37,38)22(39,40)23(41,42)43/h3-7,10,12H,2,8-9H2,1H3/b14-10-/t12-/m0/s1. The van der Waals surface area contributed by atoms with E-state index in [4.69, 9.17) is 0 Å². The summed E-state index contributed by atoms with van der Waals surface area (Å²) >= 11 is 0. The summed E-state index contributed by atoms with van der Waals surface area (Å²) in [5.74, 6) is -76.7. The van der Waals surface area contributed by atoms with E-state index in [0.29, 0.717) is 5.56 Å². The molecule has 1 aromatic carbocycles. The molecule has 0 N–H and O–H groups in total. The molecule has 21 heteroatoms. The van der Waals surface area contributed by atoms with Crippen LogP contribution in [-0.2, 0) is 11.2 Å². The van der Waals surface area contributed by atoms with Gasteiger partial charge in [0.05, 0.1) is 0 Å². The Morgan fingerprint density at radius 1 is 0.614 bits per heavy atom. The predicted molar refractivity (Wildman–Crippen MR) is 108 cm³/mol. The van der Waals surface area contributed by atoms with E-state index in [1.54, 1.807) is 0 Å². The zero-order valence-corrected chi connectivity index (χ0v) is 21.1. The van der Waals surface area contributed by atoms with Crippen molar-refractivity contribution in [2.45, 2.75) is 79.7 Å². The average Bonchev–Trinajstić information content (AvgIpc) is 2.88. The van der Waals surface area contributed by atoms with Gasteiger partial charge in [0.1, 0.15) is 0 Å². The van der Waals surface area contributed by atoms with Crippen LogP contribution in [0.1, 0.15) is 25.3 Å². The highest BCUT2D eigenvalue weighted by Crippen LogP contribution is 2.65. The van der Waals surface area contributed by atoms with Crippen molar-refractivity contribution in [2.75, 3.05) is 0 Å². The second-order valence-electron chi connectivity index (χ2n) is 9.12. The maximum absolute atomic E-state index is 14.1. The van der Waals surface area contributed by atoms with E-state index >= 15 is 0 Å². The maximum Gasteiger partial charge on any atom is 0.460 e. The Morgan fingerprint density at radius 2 is 0.977 bits per heavy atom. The third-order valence-electron chi connectivity index (χ3n) is 6.20. The molecule has 0 aliphatic rings. The molecule has 0 fully saturated rings. The summed E-state index contributed by atoms with van der Waals surface area (Å²) in [4.78, 5) is 12.1. The van der Waals surface area contributed by atoms with Crippen molar-refractivity contribution in [3.8, 4) is 0 Å². The fourth-order valence-corrected chi connectivity index (χ4v) is 3.38. The van der Waals surface area contributed by atoms with Crippen LogP contribution in [0.3, 0.4) is 0 Å². The number of carbonyl (C=O) groups excluding carboxylic acids is 1. The first-order valence-electron chi connectivity index (χ1n) is 11.4. The molecule has 1 atom stereocenters. The van der Waals surface area contributed by atoms with Crippen molar-refractivity contribution in [3.63, 3.8) is 0 Å². The van der Waals surface area contributed by atoms with E-state index in [-0.39, 0.29) is 19.3 Å². The smallest absolute Gasteiger partial charge is 0.294 e. The Morgan fingerprint density at radius 3 is 1.34 bits per heavy atom. The molecular formula is C23H16F20O. The first-order valence-corrected chi connectivity index (χ1v) is 11.4. The number of rotatable bonds is 14. The van der Waals surface area contributed by atoms with Gasteiger partial charge in [-0.25, -0.2) is 4.39 Å². The lowest BCUT2D eigenvalue weighted by Gasteiger charge is -2.43. The topological polar surface area (TPSA) is 17.1 Å². The summed E-state index contributed by atoms with van der Waals surface area (Å²) in [6.45, 7) is 1.14. The first kappa shape index (κ1) is 39.3. The van der Waals surface area contributed by atoms with E-state index < -0.39 is 77.2 Å². The van der Waals surface area contributed by atoms with Gasteiger partial charge in [0, 0.05) is 12.0 Å². The summed E-state index contributed by atoms with van der Waals surface area (Å²) in [6, 6.07) is 7.43. The summed E-state index contributed by atoms with van der Waals surface area (Å²) < 4.78 is 269. The molecule has 0 radical (unpaired) electrons. The third-order valence-corrected chi connectivity index (χ3v) is 6.20. The summed E-state index contributed by atoms with van der Waals surface area (Å²) in [5.41, 5.74) is 0.471. The van der Waals surface area contributed by atoms with Crippen molar-refractivity contribution in [1.29, 1.82) is 0 Å². The minimum atomic E-state index is -9.11. The van der Waals surface area contributed by atoms with E-state index in [9.17, 15) is 92.6 Å². The summed E-state index contributed by atoms with van der Waals surface area (Å²) in [6.07, 6.45) is -9.95. The zero-order chi connectivity index (χ0) is 35.2. The molecule has 0 saturated heterocycles. The Labute approximate surface area is 232 Å². The molecule has 0 saturated carbocycles. The highest BCUT2D eigenvalue weighted by Gasteiger charge is 2.96. The lowest BCUT2D eigenvalue weighted by Crippen LogP contribution is -2.75. The third kappa shape index (κ3) is 5.94. The molecule has 1 nitrogen and oxygen atoms in total. The van der Waals surface area contributed by atoms with Crippen LogP contribution in [0.2, 0.25) is 0 Å². The second-order valence-corrected chi connectivity index (χ2v) is 9.12. The van der Waals surface area contributed by atoms with E-state index in [1.807, 2.05) is 0 Å². The highest BCUT2D eigenvalue weighted by atomic mass is 19.4. The van der Waals surface area contributed by atoms with Gasteiger partial charge in [0.15, 0.2) is 11.6 Å². The molecule has 1 aromatic rings. The largest absolute Gasteiger partial charge is 0.460 e. The van der Waals surface area contributed by atoms with E-state index in [2.05, 4.69) is 0 Å². The Balaban J connectivity index is 3.56. The van der Waals surface area contributed by atoms with E-state index in [1.165, 1.54) is 30.3 Å². The fourth-order valence-electron chi connectivity index (χ4n) is 3.38. The number of carbonyl (C=O) groups is 1. The van der Waals surface area contributed by atoms with Crippen molar-refractivity contribution in [2.24, 2.45) is 5.92 Å². The molecule has 0 aliphatic heterocycles. The van der Waals surface area contributed by atoms with Crippen molar-refractivity contribution < 1.29 is 92.6 Å². The van der Waals surface area contributed by atoms with Crippen LogP contribution < -0.4 is 0 Å². The van der Waals surface area contributed by atoms with Crippen LogP contribution in [0.15, 0.2) is 42.2 Å². The Kier molecular flexibility index (Phi) is 10.6. The molecule has 44 heavy (non-hydrogen) atoms. The highest BCUT2D eigenvalue weighted by molar-refractivity contribution is 5.92. The number of alkyl halides is 19. The number of benzene rings is 1. The number of allylic oxidation sites excluding steroid dienone is 2. The maximum atomic E-state index is 14.1. The van der Waals surface area contributed by atoms with Crippen LogP contribution in [-0.4, -0.2) is 59.3 Å². The SMILES string of the molecule is CC[C@@H](CCc1ccccc1)C(=O)/C=C(\F)C(F)(F)C(F)(F)C(F)(F)C(F)(F)C(F)(F)C(F)(F)C(F)(F)C(F)(F)C(F)(F)F. The molecule has 0 heterocycles. The molecule has 0 aliphatic carbocycles. The van der Waals surface area contributed by atoms with Crippen LogP contribution >= 0.6 is 0 Å². The van der Waals surface area contributed by atoms with Crippen LogP contribution in [0.25, 0.3) is 0 Å². The van der Waals surface area contributed by atoms with Gasteiger partial charge >= 0.3 is 53.6 Å². The number of hydrogen-bond acceptors (Lipinski definition) is 1. The predicted octanol–water partition coefficient (Wildman–Crippen LogP) is 9.71. The molecule has 0 unspecified atom stereocenters. The molecule has 0 amide bonds. The number of aryl methyl sites for hydroxylation is 1. The van der Waals surface area contributed by atoms with Gasteiger partial charge in [-0.15, -0.1) is 0 Å². The van der Waals surface area contributed by atoms with Gasteiger partial charge in [-0.2, -0.15) is 83.4 Å². The molecule has 0 bridgehead atoms. The summed E-state index contributed by atoms with van der Waals surface area (Å²) in [7, 11) is 0. The van der Waals surface area contributed by atoms with Gasteiger partial charge in [0.2, 0.25) is 0 Å². The first-order chi connectivity index (χ1) is 19.3. The van der Waals surface area contributed by atoms with E-state index in [0.717, 1.165) is 6.92 Å². The normalized spacial score (nSPS) is 16.2. The van der Waals surface area contributed by atoms with Gasteiger partial charge < -0.3 is 0 Å². The zero-order valence-electron chi connectivity index (χ0n) is 21.1. The summed E-state index contributed by atoms with van der Waals surface area (Å²) in [5, 5.41) is 0. The molecular weight excluding hydrogens is 672 g/mol. The van der Waals surface area contributed by atoms with Crippen LogP contribution in [0, 0.1) is 5.92 Å². The van der Waals surface area contributed by atoms with Crippen molar-refractivity contribution >= 4 is 5.78 Å². The minimum Gasteiger partial charge on any atom is -0.294 e. The van der Waals surface area contributed by atoms with Gasteiger partial charge in [0.25, 0.3) is 0 Å². The van der Waals surface area contributed by atoms with Gasteiger partial charge in [-0.3, -0.25) is 4.79 Å². The quantitative estimate of drug-likeness (QED) is 0.141. The van der Waals surface area contributed by atoms with Crippen LogP contribution in [0.4, 0.5) is 87.8 Å². The molecule has 254 valence electrons. The van der Waals surface area contributed by atoms with Crippen molar-refractivity contribution in [1.82, 2.24) is 0 Å². The molecule has 0 spiro atoms. The van der Waals surface area contributed by atoms with Crippen molar-refractivity contribution in [3.05, 3.63) is 47.8 Å². The average molecular weight is 688 g/mol. The Hall–Kier alpha value is -2.77. The molecule has 0 aromatic heterocycles. The van der Waals surface area contributed by atoms with Crippen LogP contribution in [0.5, 0.6) is 0 Å². The minimum absolute atomic E-state index is 0.0707. The Bertz CT molecular complexity index is 1180. The fraction of sp³-hybridized carbons (Fsp3) is 0.609. The van der Waals surface area contributed by atoms with Gasteiger partial charge in [-0.05, 0) is 24.8 Å². The number of hydrogen-bond donors (Lipinski definition) is 0. The lowest BCUT2D eigenvalue weighted by atomic mass is 9.87. The molecule has 1 rings (SSSR count). The number of ketones is 1. The monoisotopic (exact) mass is 688 g/mol. The second kappa shape index (κ2) is 11.9. The van der Waals surface area contributed by atoms with Gasteiger partial charge in [-0.1, -0.05) is 37.3 Å².